The molecule has 1 saturated heterocycles. The molecule has 1 fully saturated rings. The summed E-state index contributed by atoms with van der Waals surface area (Å²) in [4.78, 5) is 38.5. The smallest absolute Gasteiger partial charge is 0.343 e. The minimum Gasteiger partial charge on any atom is -0.466 e. The van der Waals surface area contributed by atoms with Crippen molar-refractivity contribution in [2.45, 2.75) is 40.2 Å². The van der Waals surface area contributed by atoms with Crippen molar-refractivity contribution in [3.05, 3.63) is 51.8 Å². The number of hydrogen-bond acceptors (Lipinski definition) is 6. The summed E-state index contributed by atoms with van der Waals surface area (Å²) in [5, 5.41) is 4.53. The van der Waals surface area contributed by atoms with Gasteiger partial charge in [0.25, 0.3) is 5.91 Å². The second kappa shape index (κ2) is 10.6. The van der Waals surface area contributed by atoms with Crippen molar-refractivity contribution in [3.63, 3.8) is 0 Å². The summed E-state index contributed by atoms with van der Waals surface area (Å²) in [5.74, 6) is -1.40. The van der Waals surface area contributed by atoms with Crippen LogP contribution in [0.5, 0.6) is 0 Å². The number of rotatable bonds is 7. The third kappa shape index (κ3) is 5.68. The first-order valence-corrected chi connectivity index (χ1v) is 11.1. The lowest BCUT2D eigenvalue weighted by molar-refractivity contribution is -0.151. The van der Waals surface area contributed by atoms with Gasteiger partial charge in [-0.2, -0.15) is 5.10 Å². The molecule has 0 saturated carbocycles. The summed E-state index contributed by atoms with van der Waals surface area (Å²) in [6, 6.07) is 7.95. The Bertz CT molecular complexity index is 978. The zero-order valence-electron chi connectivity index (χ0n) is 18.6. The topological polar surface area (TPSA) is 90.7 Å². The van der Waals surface area contributed by atoms with Gasteiger partial charge >= 0.3 is 11.9 Å². The van der Waals surface area contributed by atoms with Crippen LogP contribution in [0.1, 0.15) is 46.9 Å². The lowest BCUT2D eigenvalue weighted by Gasteiger charge is -2.30. The summed E-state index contributed by atoms with van der Waals surface area (Å²) in [6.07, 6.45) is 1.07. The predicted octanol–water partition coefficient (Wildman–Crippen LogP) is 3.16. The van der Waals surface area contributed by atoms with Crippen LogP contribution in [0.15, 0.2) is 24.3 Å². The molecule has 8 nitrogen and oxygen atoms in total. The molecule has 1 aromatic carbocycles. The normalized spacial score (nSPS) is 14.3. The number of nitrogens with zero attached hydrogens (tertiary/aromatic N) is 3. The Labute approximate surface area is 192 Å². The molecule has 0 unspecified atom stereocenters. The van der Waals surface area contributed by atoms with Gasteiger partial charge in [0.15, 0.2) is 6.61 Å². The molecule has 2 heterocycles. The van der Waals surface area contributed by atoms with Crippen LogP contribution in [-0.2, 0) is 25.6 Å². The van der Waals surface area contributed by atoms with Gasteiger partial charge in [0.1, 0.15) is 10.7 Å². The number of hydrogen-bond donors (Lipinski definition) is 0. The Morgan fingerprint density at radius 3 is 2.38 bits per heavy atom. The van der Waals surface area contributed by atoms with Gasteiger partial charge in [0.05, 0.1) is 24.8 Å². The Hall–Kier alpha value is -2.87. The van der Waals surface area contributed by atoms with Crippen molar-refractivity contribution in [1.82, 2.24) is 14.7 Å². The Kier molecular flexibility index (Phi) is 7.90. The molecule has 172 valence electrons. The maximum Gasteiger partial charge on any atom is 0.343 e. The van der Waals surface area contributed by atoms with E-state index in [0.29, 0.717) is 44.8 Å². The SMILES string of the molecule is CCOC(=O)C1CCN(C(=O)COC(=O)c2c(C)nn(Cc3ccc(C)cc3)c2Cl)CC1. The molecule has 1 amide bonds. The average molecular weight is 462 g/mol. The fraction of sp³-hybridized carbons (Fsp3) is 0.478. The fourth-order valence-corrected chi connectivity index (χ4v) is 3.98. The molecule has 2 aromatic rings. The second-order valence-electron chi connectivity index (χ2n) is 7.88. The van der Waals surface area contributed by atoms with Gasteiger partial charge in [-0.25, -0.2) is 9.48 Å². The molecule has 0 atom stereocenters. The van der Waals surface area contributed by atoms with Gasteiger partial charge in [-0.15, -0.1) is 0 Å². The summed E-state index contributed by atoms with van der Waals surface area (Å²) >= 11 is 6.40. The largest absolute Gasteiger partial charge is 0.466 e. The van der Waals surface area contributed by atoms with Gasteiger partial charge < -0.3 is 14.4 Å². The van der Waals surface area contributed by atoms with Crippen molar-refractivity contribution in [1.29, 1.82) is 0 Å². The molecule has 3 rings (SSSR count). The average Bonchev–Trinajstić information content (AvgIpc) is 3.06. The van der Waals surface area contributed by atoms with Gasteiger partial charge in [0, 0.05) is 13.1 Å². The number of carbonyl (C=O) groups excluding carboxylic acids is 3. The molecule has 1 aromatic heterocycles. The van der Waals surface area contributed by atoms with Crippen LogP contribution in [0.4, 0.5) is 0 Å². The fourth-order valence-electron chi connectivity index (χ4n) is 3.67. The molecule has 32 heavy (non-hydrogen) atoms. The molecule has 9 heteroatoms. The summed E-state index contributed by atoms with van der Waals surface area (Å²) in [5.41, 5.74) is 2.75. The number of halogens is 1. The quantitative estimate of drug-likeness (QED) is 0.588. The Balaban J connectivity index is 1.55. The zero-order valence-corrected chi connectivity index (χ0v) is 19.4. The third-order valence-electron chi connectivity index (χ3n) is 5.52. The van der Waals surface area contributed by atoms with Crippen LogP contribution in [-0.4, -0.2) is 58.8 Å². The first-order chi connectivity index (χ1) is 15.3. The number of amides is 1. The van der Waals surface area contributed by atoms with E-state index in [4.69, 9.17) is 21.1 Å². The van der Waals surface area contributed by atoms with E-state index in [-0.39, 0.29) is 35.1 Å². The molecule has 0 aliphatic carbocycles. The zero-order chi connectivity index (χ0) is 23.3. The highest BCUT2D eigenvalue weighted by atomic mass is 35.5. The van der Waals surface area contributed by atoms with Crippen LogP contribution < -0.4 is 0 Å². The number of ether oxygens (including phenoxy) is 2. The maximum absolute atomic E-state index is 12.6. The number of likely N-dealkylation sites (tertiary alicyclic amines) is 1. The predicted molar refractivity (Wildman–Crippen MR) is 118 cm³/mol. The van der Waals surface area contributed by atoms with E-state index < -0.39 is 5.97 Å². The van der Waals surface area contributed by atoms with Gasteiger partial charge in [-0.1, -0.05) is 41.4 Å². The molecule has 0 bridgehead atoms. The maximum atomic E-state index is 12.6. The number of benzene rings is 1. The number of carbonyl (C=O) groups is 3. The molecule has 1 aliphatic heterocycles. The molecule has 0 N–H and O–H groups in total. The van der Waals surface area contributed by atoms with E-state index in [0.717, 1.165) is 11.1 Å². The second-order valence-corrected chi connectivity index (χ2v) is 8.24. The third-order valence-corrected chi connectivity index (χ3v) is 5.90. The molecular weight excluding hydrogens is 434 g/mol. The number of piperidine rings is 1. The van der Waals surface area contributed by atoms with Crippen molar-refractivity contribution in [3.8, 4) is 0 Å². The number of aromatic nitrogens is 2. The number of esters is 2. The van der Waals surface area contributed by atoms with E-state index in [1.165, 1.54) is 0 Å². The van der Waals surface area contributed by atoms with Crippen molar-refractivity contribution in [2.75, 3.05) is 26.3 Å². The number of aryl methyl sites for hydroxylation is 2. The van der Waals surface area contributed by atoms with Gasteiger partial charge in [0.2, 0.25) is 0 Å². The highest BCUT2D eigenvalue weighted by molar-refractivity contribution is 6.32. The van der Waals surface area contributed by atoms with Crippen LogP contribution in [0.25, 0.3) is 0 Å². The van der Waals surface area contributed by atoms with Crippen molar-refractivity contribution in [2.24, 2.45) is 5.92 Å². The monoisotopic (exact) mass is 461 g/mol. The van der Waals surface area contributed by atoms with Crippen molar-refractivity contribution < 1.29 is 23.9 Å². The van der Waals surface area contributed by atoms with Crippen LogP contribution >= 0.6 is 11.6 Å². The van der Waals surface area contributed by atoms with Gasteiger partial charge in [-0.05, 0) is 39.2 Å². The summed E-state index contributed by atoms with van der Waals surface area (Å²) in [6.45, 7) is 6.68. The highest BCUT2D eigenvalue weighted by Gasteiger charge is 2.29. The van der Waals surface area contributed by atoms with Crippen molar-refractivity contribution >= 4 is 29.4 Å². The first-order valence-electron chi connectivity index (χ1n) is 10.7. The van der Waals surface area contributed by atoms with Crippen LogP contribution in [0.3, 0.4) is 0 Å². The van der Waals surface area contributed by atoms with Gasteiger partial charge in [-0.3, -0.25) is 9.59 Å². The summed E-state index contributed by atoms with van der Waals surface area (Å²) < 4.78 is 11.8. The minimum absolute atomic E-state index is 0.160. The standard InChI is InChI=1S/C23H28ClN3O5/c1-4-31-22(29)18-9-11-26(12-10-18)19(28)14-32-23(30)20-16(3)25-27(21(20)24)13-17-7-5-15(2)6-8-17/h5-8,18H,4,9-14H2,1-3H3. The van der Waals surface area contributed by atoms with Crippen LogP contribution in [0, 0.1) is 19.8 Å². The van der Waals surface area contributed by atoms with Crippen LogP contribution in [0.2, 0.25) is 5.15 Å². The molecule has 1 aliphatic rings. The van der Waals surface area contributed by atoms with E-state index in [9.17, 15) is 14.4 Å². The molecule has 0 spiro atoms. The Morgan fingerprint density at radius 1 is 1.09 bits per heavy atom. The van der Waals surface area contributed by atoms with E-state index >= 15 is 0 Å². The Morgan fingerprint density at radius 2 is 1.75 bits per heavy atom. The minimum atomic E-state index is -0.683. The lowest BCUT2D eigenvalue weighted by atomic mass is 9.97. The van der Waals surface area contributed by atoms with E-state index in [1.54, 1.807) is 23.4 Å². The highest BCUT2D eigenvalue weighted by Crippen LogP contribution is 2.23. The van der Waals surface area contributed by atoms with E-state index in [1.807, 2.05) is 31.2 Å². The van der Waals surface area contributed by atoms with E-state index in [2.05, 4.69) is 5.10 Å². The molecular formula is C23H28ClN3O5. The lowest BCUT2D eigenvalue weighted by Crippen LogP contribution is -2.42. The molecule has 0 radical (unpaired) electrons. The first kappa shape index (κ1) is 23.8. The summed E-state index contributed by atoms with van der Waals surface area (Å²) in [7, 11) is 0.